The van der Waals surface area contributed by atoms with Crippen LogP contribution < -0.4 is 5.32 Å². The second kappa shape index (κ2) is 6.44. The molecule has 2 rings (SSSR count). The van der Waals surface area contributed by atoms with E-state index in [4.69, 9.17) is 0 Å². The van der Waals surface area contributed by atoms with E-state index in [9.17, 15) is 13.2 Å². The van der Waals surface area contributed by atoms with Crippen molar-refractivity contribution in [2.75, 3.05) is 26.7 Å². The average Bonchev–Trinajstić information content (AvgIpc) is 2.39. The zero-order valence-corrected chi connectivity index (χ0v) is 11.7. The first-order valence-electron chi connectivity index (χ1n) is 7.44. The second-order valence-electron chi connectivity index (χ2n) is 6.19. The summed E-state index contributed by atoms with van der Waals surface area (Å²) in [6.45, 7) is 3.06. The topological polar surface area (TPSA) is 15.3 Å². The molecule has 19 heavy (non-hydrogen) atoms. The Bertz CT molecular complexity index is 274. The largest absolute Gasteiger partial charge is 0.391 e. The van der Waals surface area contributed by atoms with Crippen LogP contribution in [0.3, 0.4) is 0 Å². The van der Waals surface area contributed by atoms with Crippen LogP contribution in [0.2, 0.25) is 0 Å². The molecule has 0 aromatic rings. The molecule has 2 fully saturated rings. The summed E-state index contributed by atoms with van der Waals surface area (Å²) in [5, 5.41) is 3.33. The van der Waals surface area contributed by atoms with Crippen LogP contribution in [0.1, 0.15) is 38.5 Å². The van der Waals surface area contributed by atoms with E-state index in [1.54, 1.807) is 0 Å². The summed E-state index contributed by atoms with van der Waals surface area (Å²) in [7, 11) is 2.01. The third-order valence-corrected chi connectivity index (χ3v) is 4.74. The van der Waals surface area contributed by atoms with E-state index >= 15 is 0 Å². The quantitative estimate of drug-likeness (QED) is 0.853. The first-order chi connectivity index (χ1) is 8.97. The highest BCUT2D eigenvalue weighted by Gasteiger charge is 2.42. The fraction of sp³-hybridized carbons (Fsp3) is 1.00. The van der Waals surface area contributed by atoms with Gasteiger partial charge in [0.15, 0.2) is 0 Å². The van der Waals surface area contributed by atoms with Crippen LogP contribution in [-0.2, 0) is 0 Å². The van der Waals surface area contributed by atoms with Gasteiger partial charge in [-0.15, -0.1) is 0 Å². The van der Waals surface area contributed by atoms with Crippen LogP contribution in [0.25, 0.3) is 0 Å². The lowest BCUT2D eigenvalue weighted by atomic mass is 9.84. The predicted octanol–water partition coefficient (Wildman–Crippen LogP) is 3.04. The molecule has 1 aliphatic carbocycles. The van der Waals surface area contributed by atoms with Gasteiger partial charge in [0.2, 0.25) is 0 Å². The number of halogens is 3. The molecule has 1 saturated heterocycles. The summed E-state index contributed by atoms with van der Waals surface area (Å²) in [6.07, 6.45) is 0.555. The molecule has 0 spiro atoms. The minimum Gasteiger partial charge on any atom is -0.317 e. The highest BCUT2D eigenvalue weighted by atomic mass is 19.4. The summed E-state index contributed by atoms with van der Waals surface area (Å²) in [6, 6.07) is 0.121. The van der Waals surface area contributed by atoms with Crippen molar-refractivity contribution in [1.29, 1.82) is 0 Å². The van der Waals surface area contributed by atoms with Gasteiger partial charge in [0.05, 0.1) is 5.92 Å². The Kier molecular flexibility index (Phi) is 5.12. The normalized spacial score (nSPS) is 30.8. The number of hydrogen-bond donors (Lipinski definition) is 1. The lowest BCUT2D eigenvalue weighted by molar-refractivity contribution is -0.186. The molecule has 0 amide bonds. The van der Waals surface area contributed by atoms with Gasteiger partial charge in [0.25, 0.3) is 0 Å². The zero-order chi connectivity index (χ0) is 13.9. The van der Waals surface area contributed by atoms with Gasteiger partial charge in [-0.05, 0) is 58.2 Å². The van der Waals surface area contributed by atoms with Crippen molar-refractivity contribution in [2.24, 2.45) is 11.8 Å². The first-order valence-corrected chi connectivity index (χ1v) is 7.44. The van der Waals surface area contributed by atoms with Crippen LogP contribution in [0.15, 0.2) is 0 Å². The molecule has 1 N–H and O–H groups in total. The molecule has 0 aromatic carbocycles. The summed E-state index contributed by atoms with van der Waals surface area (Å²) in [4.78, 5) is 2.19. The van der Waals surface area contributed by atoms with Gasteiger partial charge in [-0.25, -0.2) is 0 Å². The average molecular weight is 278 g/mol. The van der Waals surface area contributed by atoms with Crippen LogP contribution >= 0.6 is 0 Å². The van der Waals surface area contributed by atoms with Gasteiger partial charge in [-0.2, -0.15) is 13.2 Å². The number of nitrogens with zero attached hydrogens (tertiary/aromatic N) is 1. The van der Waals surface area contributed by atoms with E-state index in [-0.39, 0.29) is 6.04 Å². The first kappa shape index (κ1) is 15.1. The molecule has 0 radical (unpaired) electrons. The van der Waals surface area contributed by atoms with Crippen LogP contribution in [0.5, 0.6) is 0 Å². The molecule has 2 unspecified atom stereocenters. The Morgan fingerprint density at radius 1 is 1.11 bits per heavy atom. The van der Waals surface area contributed by atoms with Crippen LogP contribution in [-0.4, -0.2) is 43.8 Å². The maximum atomic E-state index is 12.8. The SMILES string of the molecule is CN(CC1CCNCC1)C1CCCC(C(F)(F)F)C1. The van der Waals surface area contributed by atoms with Crippen molar-refractivity contribution in [3.8, 4) is 0 Å². The van der Waals surface area contributed by atoms with E-state index in [1.165, 1.54) is 0 Å². The maximum Gasteiger partial charge on any atom is 0.391 e. The summed E-state index contributed by atoms with van der Waals surface area (Å²) in [5.41, 5.74) is 0. The minimum atomic E-state index is -4.01. The lowest BCUT2D eigenvalue weighted by Gasteiger charge is -2.38. The fourth-order valence-electron chi connectivity index (χ4n) is 3.48. The highest BCUT2D eigenvalue weighted by Crippen LogP contribution is 2.38. The van der Waals surface area contributed by atoms with E-state index in [0.717, 1.165) is 38.9 Å². The number of rotatable bonds is 3. The number of alkyl halides is 3. The molecule has 1 aliphatic heterocycles. The van der Waals surface area contributed by atoms with Crippen molar-refractivity contribution < 1.29 is 13.2 Å². The Morgan fingerprint density at radius 2 is 1.79 bits per heavy atom. The molecule has 1 saturated carbocycles. The summed E-state index contributed by atoms with van der Waals surface area (Å²) < 4.78 is 38.4. The Labute approximate surface area is 113 Å². The number of piperidine rings is 1. The second-order valence-corrected chi connectivity index (χ2v) is 6.19. The van der Waals surface area contributed by atoms with Crippen molar-refractivity contribution >= 4 is 0 Å². The highest BCUT2D eigenvalue weighted by molar-refractivity contribution is 4.84. The Balaban J connectivity index is 1.82. The van der Waals surface area contributed by atoms with E-state index in [1.807, 2.05) is 7.05 Å². The predicted molar refractivity (Wildman–Crippen MR) is 70.0 cm³/mol. The van der Waals surface area contributed by atoms with Crippen molar-refractivity contribution in [3.63, 3.8) is 0 Å². The molecule has 0 aromatic heterocycles. The lowest BCUT2D eigenvalue weighted by Crippen LogP contribution is -2.43. The van der Waals surface area contributed by atoms with E-state index in [2.05, 4.69) is 10.2 Å². The molecular formula is C14H25F3N2. The standard InChI is InChI=1S/C14H25F3N2/c1-19(10-11-5-7-18-8-6-11)13-4-2-3-12(9-13)14(15,16)17/h11-13,18H,2-10H2,1H3. The minimum absolute atomic E-state index is 0.121. The van der Waals surface area contributed by atoms with Crippen molar-refractivity contribution in [1.82, 2.24) is 10.2 Å². The van der Waals surface area contributed by atoms with E-state index < -0.39 is 12.1 Å². The molecule has 0 bridgehead atoms. The number of hydrogen-bond acceptors (Lipinski definition) is 2. The van der Waals surface area contributed by atoms with Gasteiger partial charge in [-0.3, -0.25) is 0 Å². The van der Waals surface area contributed by atoms with Crippen molar-refractivity contribution in [3.05, 3.63) is 0 Å². The van der Waals surface area contributed by atoms with Gasteiger partial charge in [0.1, 0.15) is 0 Å². The van der Waals surface area contributed by atoms with Gasteiger partial charge >= 0.3 is 6.18 Å². The van der Waals surface area contributed by atoms with Crippen LogP contribution in [0.4, 0.5) is 13.2 Å². The van der Waals surface area contributed by atoms with Gasteiger partial charge in [0, 0.05) is 12.6 Å². The summed E-state index contributed by atoms with van der Waals surface area (Å²) >= 11 is 0. The fourth-order valence-corrected chi connectivity index (χ4v) is 3.48. The molecule has 2 aliphatic rings. The Morgan fingerprint density at radius 3 is 2.42 bits per heavy atom. The molecule has 2 atom stereocenters. The third-order valence-electron chi connectivity index (χ3n) is 4.74. The molecule has 112 valence electrons. The van der Waals surface area contributed by atoms with Gasteiger partial charge in [-0.1, -0.05) is 6.42 Å². The smallest absolute Gasteiger partial charge is 0.317 e. The molecule has 5 heteroatoms. The number of nitrogens with one attached hydrogen (secondary N) is 1. The molecular weight excluding hydrogens is 253 g/mol. The van der Waals surface area contributed by atoms with E-state index in [0.29, 0.717) is 25.2 Å². The summed E-state index contributed by atoms with van der Waals surface area (Å²) in [5.74, 6) is -0.431. The maximum absolute atomic E-state index is 12.8. The molecule has 2 nitrogen and oxygen atoms in total. The zero-order valence-electron chi connectivity index (χ0n) is 11.7. The van der Waals surface area contributed by atoms with Gasteiger partial charge < -0.3 is 10.2 Å². The van der Waals surface area contributed by atoms with Crippen molar-refractivity contribution in [2.45, 2.75) is 50.7 Å². The monoisotopic (exact) mass is 278 g/mol. The third kappa shape index (κ3) is 4.35. The Hall–Kier alpha value is -0.290. The van der Waals surface area contributed by atoms with Crippen LogP contribution in [0, 0.1) is 11.8 Å². The molecule has 1 heterocycles.